The van der Waals surface area contributed by atoms with E-state index in [9.17, 15) is 27.6 Å². The number of halogens is 3. The first kappa shape index (κ1) is 20.5. The Morgan fingerprint density at radius 1 is 0.968 bits per heavy atom. The fourth-order valence-electron chi connectivity index (χ4n) is 3.48. The maximum absolute atomic E-state index is 13.0. The minimum absolute atomic E-state index is 0.172. The molecule has 1 heterocycles. The Labute approximate surface area is 174 Å². The van der Waals surface area contributed by atoms with Crippen LogP contribution in [0.4, 0.5) is 18.9 Å². The number of imide groups is 1. The van der Waals surface area contributed by atoms with Gasteiger partial charge in [0, 0.05) is 5.56 Å². The third-order valence-electron chi connectivity index (χ3n) is 4.97. The first-order valence-electron chi connectivity index (χ1n) is 9.33. The van der Waals surface area contributed by atoms with Crippen molar-refractivity contribution in [3.05, 3.63) is 77.9 Å². The summed E-state index contributed by atoms with van der Waals surface area (Å²) in [5.41, 5.74) is 4.19. The van der Waals surface area contributed by atoms with Crippen LogP contribution < -0.4 is 15.8 Å². The van der Waals surface area contributed by atoms with Crippen molar-refractivity contribution < 1.29 is 27.6 Å². The number of hydrazine groups is 1. The zero-order valence-electron chi connectivity index (χ0n) is 15.9. The molecule has 158 valence electrons. The number of hydrogen-bond acceptors (Lipinski definition) is 4. The lowest BCUT2D eigenvalue weighted by Gasteiger charge is -2.17. The molecule has 6 nitrogen and oxygen atoms in total. The summed E-state index contributed by atoms with van der Waals surface area (Å²) >= 11 is 0. The molecule has 0 radical (unpaired) electrons. The Hall–Kier alpha value is -3.72. The van der Waals surface area contributed by atoms with Crippen LogP contribution in [0.25, 0.3) is 10.8 Å². The Kier molecular flexibility index (Phi) is 5.20. The molecule has 0 aliphatic carbocycles. The van der Waals surface area contributed by atoms with E-state index in [0.717, 1.165) is 23.6 Å². The van der Waals surface area contributed by atoms with Crippen molar-refractivity contribution in [1.82, 2.24) is 10.9 Å². The first-order chi connectivity index (χ1) is 14.8. The van der Waals surface area contributed by atoms with Gasteiger partial charge in [0.1, 0.15) is 6.04 Å². The molecule has 4 rings (SSSR count). The van der Waals surface area contributed by atoms with Crippen molar-refractivity contribution in [2.24, 2.45) is 0 Å². The van der Waals surface area contributed by atoms with Gasteiger partial charge in [0.2, 0.25) is 5.91 Å². The fourth-order valence-corrected chi connectivity index (χ4v) is 3.48. The van der Waals surface area contributed by atoms with Crippen molar-refractivity contribution in [2.45, 2.75) is 18.6 Å². The highest BCUT2D eigenvalue weighted by Gasteiger charge is 2.41. The number of amides is 3. The molecule has 1 aliphatic rings. The van der Waals surface area contributed by atoms with Crippen molar-refractivity contribution in [3.8, 4) is 0 Å². The van der Waals surface area contributed by atoms with Crippen LogP contribution in [-0.4, -0.2) is 23.8 Å². The van der Waals surface area contributed by atoms with Crippen LogP contribution in [0.5, 0.6) is 0 Å². The maximum Gasteiger partial charge on any atom is 0.416 e. The molecule has 0 bridgehead atoms. The van der Waals surface area contributed by atoms with Gasteiger partial charge in [-0.15, -0.1) is 0 Å². The van der Waals surface area contributed by atoms with Crippen LogP contribution >= 0.6 is 0 Å². The van der Waals surface area contributed by atoms with Gasteiger partial charge >= 0.3 is 6.18 Å². The molecular weight excluding hydrogens is 411 g/mol. The number of benzene rings is 3. The highest BCUT2D eigenvalue weighted by Crippen LogP contribution is 2.33. The third kappa shape index (κ3) is 3.99. The Morgan fingerprint density at radius 3 is 2.45 bits per heavy atom. The summed E-state index contributed by atoms with van der Waals surface area (Å²) in [5, 5.41) is 1.57. The third-order valence-corrected chi connectivity index (χ3v) is 4.97. The number of fused-ring (bicyclic) bond motifs is 1. The van der Waals surface area contributed by atoms with E-state index in [4.69, 9.17) is 0 Å². The van der Waals surface area contributed by atoms with Crippen molar-refractivity contribution >= 4 is 34.2 Å². The van der Waals surface area contributed by atoms with E-state index in [0.29, 0.717) is 15.8 Å². The summed E-state index contributed by atoms with van der Waals surface area (Å²) in [4.78, 5) is 38.3. The standard InChI is InChI=1S/C22H16F3N3O3/c23-22(24,25)14-7-4-8-15(11-14)28-19(29)12-18(21(28)31)26-27-20(30)17-10-3-6-13-5-1-2-9-16(13)17/h1-11,18,26H,12H2,(H,27,30). The zero-order chi connectivity index (χ0) is 22.2. The molecule has 31 heavy (non-hydrogen) atoms. The zero-order valence-corrected chi connectivity index (χ0v) is 15.9. The molecule has 3 amide bonds. The van der Waals surface area contributed by atoms with Gasteiger partial charge in [0.25, 0.3) is 11.8 Å². The van der Waals surface area contributed by atoms with Gasteiger partial charge in [-0.25, -0.2) is 10.3 Å². The summed E-state index contributed by atoms with van der Waals surface area (Å²) in [7, 11) is 0. The SMILES string of the molecule is O=C(NNC1CC(=O)N(c2cccc(C(F)(F)F)c2)C1=O)c1cccc2ccccc12. The topological polar surface area (TPSA) is 78.5 Å². The van der Waals surface area contributed by atoms with Crippen LogP contribution in [0.2, 0.25) is 0 Å². The van der Waals surface area contributed by atoms with Gasteiger partial charge in [0.15, 0.2) is 0 Å². The molecule has 3 aromatic carbocycles. The van der Waals surface area contributed by atoms with Crippen LogP contribution in [0.3, 0.4) is 0 Å². The van der Waals surface area contributed by atoms with E-state index in [1.165, 1.54) is 6.07 Å². The molecule has 1 saturated heterocycles. The lowest BCUT2D eigenvalue weighted by molar-refractivity contribution is -0.137. The molecule has 0 spiro atoms. The molecule has 1 aliphatic heterocycles. The second-order valence-electron chi connectivity index (χ2n) is 7.00. The van der Waals surface area contributed by atoms with Crippen LogP contribution in [-0.2, 0) is 15.8 Å². The lowest BCUT2D eigenvalue weighted by atomic mass is 10.0. The number of rotatable bonds is 4. The maximum atomic E-state index is 13.0. The molecule has 1 fully saturated rings. The van der Waals surface area contributed by atoms with E-state index in [1.807, 2.05) is 18.2 Å². The monoisotopic (exact) mass is 427 g/mol. The molecule has 9 heteroatoms. The second kappa shape index (κ2) is 7.84. The predicted octanol–water partition coefficient (Wildman–Crippen LogP) is 3.43. The van der Waals surface area contributed by atoms with Crippen LogP contribution in [0.15, 0.2) is 66.7 Å². The van der Waals surface area contributed by atoms with Gasteiger partial charge < -0.3 is 0 Å². The number of nitrogens with one attached hydrogen (secondary N) is 2. The summed E-state index contributed by atoms with van der Waals surface area (Å²) < 4.78 is 38.9. The van der Waals surface area contributed by atoms with Crippen molar-refractivity contribution in [3.63, 3.8) is 0 Å². The summed E-state index contributed by atoms with van der Waals surface area (Å²) in [6.07, 6.45) is -4.91. The van der Waals surface area contributed by atoms with Crippen LogP contribution in [0, 0.1) is 0 Å². The predicted molar refractivity (Wildman–Crippen MR) is 107 cm³/mol. The molecule has 0 saturated carbocycles. The average molecular weight is 427 g/mol. The number of alkyl halides is 3. The van der Waals surface area contributed by atoms with Crippen molar-refractivity contribution in [1.29, 1.82) is 0 Å². The minimum Gasteiger partial charge on any atom is -0.287 e. The van der Waals surface area contributed by atoms with Gasteiger partial charge in [-0.3, -0.25) is 19.8 Å². The van der Waals surface area contributed by atoms with Gasteiger partial charge in [-0.05, 0) is 35.0 Å². The molecule has 2 N–H and O–H groups in total. The Morgan fingerprint density at radius 2 is 1.68 bits per heavy atom. The molecule has 1 unspecified atom stereocenters. The van der Waals surface area contributed by atoms with Crippen molar-refractivity contribution in [2.75, 3.05) is 4.90 Å². The highest BCUT2D eigenvalue weighted by atomic mass is 19.4. The quantitative estimate of drug-likeness (QED) is 0.494. The van der Waals surface area contributed by atoms with Gasteiger partial charge in [-0.1, -0.05) is 42.5 Å². The normalized spacial score (nSPS) is 16.7. The smallest absolute Gasteiger partial charge is 0.287 e. The van der Waals surface area contributed by atoms with E-state index in [2.05, 4.69) is 10.9 Å². The minimum atomic E-state index is -4.61. The largest absolute Gasteiger partial charge is 0.416 e. The summed E-state index contributed by atoms with van der Waals surface area (Å²) in [6, 6.07) is 15.3. The first-order valence-corrected chi connectivity index (χ1v) is 9.33. The van der Waals surface area contributed by atoms with Gasteiger partial charge in [0.05, 0.1) is 17.7 Å². The fraction of sp³-hybridized carbons (Fsp3) is 0.136. The number of anilines is 1. The molecular formula is C22H16F3N3O3. The average Bonchev–Trinajstić information content (AvgIpc) is 3.04. The summed E-state index contributed by atoms with van der Waals surface area (Å²) in [5.74, 6) is -1.92. The lowest BCUT2D eigenvalue weighted by Crippen LogP contribution is -2.48. The number of carbonyl (C=O) groups excluding carboxylic acids is 3. The highest BCUT2D eigenvalue weighted by molar-refractivity contribution is 6.22. The van der Waals surface area contributed by atoms with E-state index < -0.39 is 35.5 Å². The summed E-state index contributed by atoms with van der Waals surface area (Å²) in [6.45, 7) is 0. The Balaban J connectivity index is 1.49. The number of hydrogen-bond donors (Lipinski definition) is 2. The van der Waals surface area contributed by atoms with Gasteiger partial charge in [-0.2, -0.15) is 13.2 Å². The van der Waals surface area contributed by atoms with E-state index >= 15 is 0 Å². The number of nitrogens with zero attached hydrogens (tertiary/aromatic N) is 1. The second-order valence-corrected chi connectivity index (χ2v) is 7.00. The van der Waals surface area contributed by atoms with E-state index in [1.54, 1.807) is 24.3 Å². The Bertz CT molecular complexity index is 1190. The van der Waals surface area contributed by atoms with E-state index in [-0.39, 0.29) is 12.1 Å². The number of carbonyl (C=O) groups is 3. The molecule has 3 aromatic rings. The molecule has 0 aromatic heterocycles. The molecule has 1 atom stereocenters. The van der Waals surface area contributed by atoms with Crippen LogP contribution in [0.1, 0.15) is 22.3 Å².